The lowest BCUT2D eigenvalue weighted by atomic mass is 10.1. The van der Waals surface area contributed by atoms with Gasteiger partial charge in [-0.05, 0) is 37.0 Å². The van der Waals surface area contributed by atoms with E-state index in [1.54, 1.807) is 27.8 Å². The van der Waals surface area contributed by atoms with Gasteiger partial charge < -0.3 is 9.47 Å². The van der Waals surface area contributed by atoms with Crippen molar-refractivity contribution in [2.75, 3.05) is 6.54 Å². The maximum atomic E-state index is 13.4. The number of sulfone groups is 1. The average molecular weight is 480 g/mol. The molecule has 0 saturated carbocycles. The molecule has 34 heavy (non-hydrogen) atoms. The van der Waals surface area contributed by atoms with Gasteiger partial charge in [0.2, 0.25) is 15.0 Å². The number of carbonyl (C=O) groups is 1. The molecular formula is C27H33N3O3S. The van der Waals surface area contributed by atoms with Gasteiger partial charge in [-0.1, -0.05) is 68.0 Å². The smallest absolute Gasteiger partial charge is 0.254 e. The summed E-state index contributed by atoms with van der Waals surface area (Å²) in [5.41, 5.74) is 3.92. The molecule has 0 unspecified atom stereocenters. The number of hydrogen-bond acceptors (Lipinski definition) is 4. The van der Waals surface area contributed by atoms with Gasteiger partial charge in [0.1, 0.15) is 0 Å². The summed E-state index contributed by atoms with van der Waals surface area (Å²) in [6.07, 6.45) is 3.25. The molecule has 0 spiro atoms. The highest BCUT2D eigenvalue weighted by Gasteiger charge is 2.26. The van der Waals surface area contributed by atoms with Crippen LogP contribution in [0.15, 0.2) is 72.5 Å². The Morgan fingerprint density at radius 3 is 2.53 bits per heavy atom. The Labute approximate surface area is 202 Å². The van der Waals surface area contributed by atoms with Gasteiger partial charge in [-0.2, -0.15) is 0 Å². The second-order valence-electron chi connectivity index (χ2n) is 9.07. The van der Waals surface area contributed by atoms with Gasteiger partial charge in [0, 0.05) is 18.7 Å². The second kappa shape index (κ2) is 10.8. The number of carbonyl (C=O) groups excluding carboxylic acids is 1. The van der Waals surface area contributed by atoms with Gasteiger partial charge in [-0.15, -0.1) is 6.58 Å². The first-order chi connectivity index (χ1) is 16.1. The molecule has 0 atom stereocenters. The zero-order valence-electron chi connectivity index (χ0n) is 20.4. The zero-order valence-corrected chi connectivity index (χ0v) is 21.2. The minimum Gasteiger partial charge on any atom is -0.329 e. The largest absolute Gasteiger partial charge is 0.329 e. The van der Waals surface area contributed by atoms with Crippen LogP contribution < -0.4 is 0 Å². The molecule has 1 aromatic heterocycles. The molecule has 0 saturated heterocycles. The van der Waals surface area contributed by atoms with Crippen LogP contribution in [-0.4, -0.2) is 35.3 Å². The fourth-order valence-electron chi connectivity index (χ4n) is 3.97. The van der Waals surface area contributed by atoms with Crippen molar-refractivity contribution < 1.29 is 13.2 Å². The van der Waals surface area contributed by atoms with E-state index in [-0.39, 0.29) is 29.3 Å². The van der Waals surface area contributed by atoms with E-state index >= 15 is 0 Å². The maximum Gasteiger partial charge on any atom is 0.254 e. The van der Waals surface area contributed by atoms with Crippen molar-refractivity contribution in [3.63, 3.8) is 0 Å². The molecule has 1 amide bonds. The van der Waals surface area contributed by atoms with Crippen LogP contribution in [0.3, 0.4) is 0 Å². The van der Waals surface area contributed by atoms with Crippen molar-refractivity contribution in [2.45, 2.75) is 51.7 Å². The van der Waals surface area contributed by atoms with Crippen molar-refractivity contribution in [1.29, 1.82) is 0 Å². The standard InChI is InChI=1S/C27H33N3O3S/c1-6-14-29(26(31)25-13-8-7-11-22(25)5)18-24-16-28-27(30(24)17-20(2)3)34(32,33)19-23-12-9-10-21(4)15-23/h6-13,15-16,20H,1,14,17-19H2,2-5H3. The van der Waals surface area contributed by atoms with E-state index < -0.39 is 9.84 Å². The lowest BCUT2D eigenvalue weighted by molar-refractivity contribution is 0.0758. The Bertz CT molecular complexity index is 1280. The second-order valence-corrected chi connectivity index (χ2v) is 11.0. The van der Waals surface area contributed by atoms with Gasteiger partial charge in [-0.25, -0.2) is 13.4 Å². The van der Waals surface area contributed by atoms with E-state index in [2.05, 4.69) is 11.6 Å². The van der Waals surface area contributed by atoms with Crippen LogP contribution in [0, 0.1) is 19.8 Å². The number of nitrogens with zero attached hydrogens (tertiary/aromatic N) is 3. The molecule has 0 fully saturated rings. The van der Waals surface area contributed by atoms with E-state index in [9.17, 15) is 13.2 Å². The van der Waals surface area contributed by atoms with Crippen molar-refractivity contribution in [1.82, 2.24) is 14.5 Å². The Hall–Kier alpha value is -3.19. The molecule has 1 heterocycles. The van der Waals surface area contributed by atoms with E-state index in [1.165, 1.54) is 0 Å². The minimum atomic E-state index is -3.68. The molecule has 0 aliphatic heterocycles. The Balaban J connectivity index is 1.97. The zero-order chi connectivity index (χ0) is 24.9. The number of aromatic nitrogens is 2. The Morgan fingerprint density at radius 2 is 1.88 bits per heavy atom. The molecular weight excluding hydrogens is 446 g/mol. The van der Waals surface area contributed by atoms with Crippen molar-refractivity contribution in [3.05, 3.63) is 95.3 Å². The number of hydrogen-bond donors (Lipinski definition) is 0. The first kappa shape index (κ1) is 25.4. The Morgan fingerprint density at radius 1 is 1.15 bits per heavy atom. The highest BCUT2D eigenvalue weighted by molar-refractivity contribution is 7.90. The van der Waals surface area contributed by atoms with Crippen LogP contribution in [0.25, 0.3) is 0 Å². The summed E-state index contributed by atoms with van der Waals surface area (Å²) in [6.45, 7) is 12.8. The third kappa shape index (κ3) is 6.03. The highest BCUT2D eigenvalue weighted by Crippen LogP contribution is 2.22. The summed E-state index contributed by atoms with van der Waals surface area (Å²) in [5, 5.41) is 0.0413. The van der Waals surface area contributed by atoms with Crippen molar-refractivity contribution >= 4 is 15.7 Å². The fourth-order valence-corrected chi connectivity index (χ4v) is 5.45. The van der Waals surface area contributed by atoms with E-state index in [4.69, 9.17) is 0 Å². The van der Waals surface area contributed by atoms with E-state index in [1.807, 2.05) is 70.2 Å². The quantitative estimate of drug-likeness (QED) is 0.385. The molecule has 7 heteroatoms. The average Bonchev–Trinajstić information content (AvgIpc) is 3.15. The Kier molecular flexibility index (Phi) is 8.10. The summed E-state index contributed by atoms with van der Waals surface area (Å²) in [6, 6.07) is 14.9. The molecule has 0 aliphatic carbocycles. The van der Waals surface area contributed by atoms with Crippen LogP contribution >= 0.6 is 0 Å². The normalized spacial score (nSPS) is 11.6. The molecule has 3 aromatic rings. The topological polar surface area (TPSA) is 72.3 Å². The molecule has 0 bridgehead atoms. The third-order valence-corrected chi connectivity index (χ3v) is 7.13. The number of imidazole rings is 1. The van der Waals surface area contributed by atoms with Gasteiger partial charge >= 0.3 is 0 Å². The molecule has 0 radical (unpaired) electrons. The summed E-state index contributed by atoms with van der Waals surface area (Å²) >= 11 is 0. The monoisotopic (exact) mass is 479 g/mol. The molecule has 2 aromatic carbocycles. The van der Waals surface area contributed by atoms with Crippen LogP contribution in [0.5, 0.6) is 0 Å². The van der Waals surface area contributed by atoms with Gasteiger partial charge in [0.05, 0.1) is 24.2 Å². The number of benzene rings is 2. The van der Waals surface area contributed by atoms with Gasteiger partial charge in [-0.3, -0.25) is 4.79 Å². The molecule has 0 N–H and O–H groups in total. The summed E-state index contributed by atoms with van der Waals surface area (Å²) in [5.74, 6) is -0.0536. The molecule has 6 nitrogen and oxygen atoms in total. The number of rotatable bonds is 10. The predicted octanol–water partition coefficient (Wildman–Crippen LogP) is 4.96. The summed E-state index contributed by atoms with van der Waals surface area (Å²) in [4.78, 5) is 19.3. The van der Waals surface area contributed by atoms with Gasteiger partial charge in [0.25, 0.3) is 5.91 Å². The van der Waals surface area contributed by atoms with E-state index in [0.717, 1.165) is 16.7 Å². The predicted molar refractivity (Wildman–Crippen MR) is 135 cm³/mol. The SMILES string of the molecule is C=CCN(Cc1cnc(S(=O)(=O)Cc2cccc(C)c2)n1CC(C)C)C(=O)c1ccccc1C. The molecule has 3 rings (SSSR count). The fraction of sp³-hybridized carbons (Fsp3) is 0.333. The first-order valence-electron chi connectivity index (χ1n) is 11.4. The van der Waals surface area contributed by atoms with Crippen LogP contribution in [-0.2, 0) is 28.7 Å². The van der Waals surface area contributed by atoms with Crippen LogP contribution in [0.1, 0.15) is 46.6 Å². The van der Waals surface area contributed by atoms with Crippen molar-refractivity contribution in [3.8, 4) is 0 Å². The maximum absolute atomic E-state index is 13.4. The first-order valence-corrected chi connectivity index (χ1v) is 13.1. The van der Waals surface area contributed by atoms with Crippen molar-refractivity contribution in [2.24, 2.45) is 5.92 Å². The highest BCUT2D eigenvalue weighted by atomic mass is 32.2. The lowest BCUT2D eigenvalue weighted by Gasteiger charge is -2.23. The summed E-state index contributed by atoms with van der Waals surface area (Å²) in [7, 11) is -3.68. The third-order valence-electron chi connectivity index (χ3n) is 5.53. The van der Waals surface area contributed by atoms with E-state index in [0.29, 0.717) is 24.3 Å². The van der Waals surface area contributed by atoms with Crippen LogP contribution in [0.2, 0.25) is 0 Å². The molecule has 0 aliphatic rings. The molecule has 180 valence electrons. The number of aryl methyl sites for hydroxylation is 2. The van der Waals surface area contributed by atoms with Gasteiger partial charge in [0.15, 0.2) is 0 Å². The van der Waals surface area contributed by atoms with Crippen LogP contribution in [0.4, 0.5) is 0 Å². The lowest BCUT2D eigenvalue weighted by Crippen LogP contribution is -2.32. The number of amides is 1. The summed E-state index contributed by atoms with van der Waals surface area (Å²) < 4.78 is 28.5. The minimum absolute atomic E-state index is 0.0413.